The number of benzene rings is 2. The van der Waals surface area contributed by atoms with Crippen LogP contribution in [0.1, 0.15) is 69.2 Å². The molecule has 2 aromatic carbocycles. The van der Waals surface area contributed by atoms with Gasteiger partial charge in [-0.2, -0.15) is 0 Å². The van der Waals surface area contributed by atoms with Gasteiger partial charge in [-0.05, 0) is 85.4 Å². The molecule has 2 atom stereocenters. The summed E-state index contributed by atoms with van der Waals surface area (Å²) in [4.78, 5) is 13.2. The number of ether oxygens (including phenoxy) is 1. The van der Waals surface area contributed by atoms with Crippen LogP contribution >= 0.6 is 11.6 Å². The highest BCUT2D eigenvalue weighted by atomic mass is 35.5. The van der Waals surface area contributed by atoms with Crippen LogP contribution in [-0.4, -0.2) is 35.3 Å². The predicted molar refractivity (Wildman–Crippen MR) is 135 cm³/mol. The fraction of sp³-hybridized carbons (Fsp3) is 0.536. The van der Waals surface area contributed by atoms with Crippen molar-refractivity contribution >= 4 is 17.4 Å². The summed E-state index contributed by atoms with van der Waals surface area (Å²) in [5.41, 5.74) is 3.59. The summed E-state index contributed by atoms with van der Waals surface area (Å²) in [5, 5.41) is 21.0. The van der Waals surface area contributed by atoms with Crippen LogP contribution in [0.5, 0.6) is 5.75 Å². The third-order valence-corrected chi connectivity index (χ3v) is 6.84. The highest BCUT2D eigenvalue weighted by Gasteiger charge is 2.27. The molecule has 0 spiro atoms. The van der Waals surface area contributed by atoms with E-state index >= 15 is 0 Å². The number of carbonyl (C=O) groups is 1. The summed E-state index contributed by atoms with van der Waals surface area (Å²) in [6.45, 7) is 9.78. The van der Waals surface area contributed by atoms with Gasteiger partial charge in [-0.1, -0.05) is 50.6 Å². The minimum atomic E-state index is -0.749. The second kappa shape index (κ2) is 12.0. The number of hydrogen-bond acceptors (Lipinski definition) is 4. The summed E-state index contributed by atoms with van der Waals surface area (Å²) in [6.07, 6.45) is 2.21. The monoisotopic (exact) mass is 474 g/mol. The van der Waals surface area contributed by atoms with Gasteiger partial charge >= 0.3 is 0 Å². The van der Waals surface area contributed by atoms with Gasteiger partial charge in [0.2, 0.25) is 0 Å². The molecule has 0 heterocycles. The molecule has 0 aliphatic carbocycles. The minimum absolute atomic E-state index is 0.0456. The second-order valence-corrected chi connectivity index (χ2v) is 10.4. The average molecular weight is 475 g/mol. The number of carbonyl (C=O) groups excluding carboxylic acids is 1. The smallest absolute Gasteiger partial charge is 0.140 e. The lowest BCUT2D eigenvalue weighted by atomic mass is 9.79. The standard InChI is InChI=1S/C28H39ClO4/c1-18(2)24-9-7-8-20(12-13-28(4,5)32)25(24)15-22(17-30)19(3)27(31)16-21-14-23(33-6)10-11-26(21)29/h7-11,14,18-19,22,30,32H,12-13,15-17H2,1-6H3. The Morgan fingerprint density at radius 3 is 2.39 bits per heavy atom. The lowest BCUT2D eigenvalue weighted by molar-refractivity contribution is -0.123. The first-order valence-corrected chi connectivity index (χ1v) is 12.1. The van der Waals surface area contributed by atoms with E-state index in [1.807, 2.05) is 20.8 Å². The molecule has 0 fully saturated rings. The molecular weight excluding hydrogens is 436 g/mol. The van der Waals surface area contributed by atoms with Gasteiger partial charge in [0.15, 0.2) is 0 Å². The Morgan fingerprint density at radius 1 is 1.12 bits per heavy atom. The van der Waals surface area contributed by atoms with Gasteiger partial charge < -0.3 is 14.9 Å². The topological polar surface area (TPSA) is 66.8 Å². The number of methoxy groups -OCH3 is 1. The van der Waals surface area contributed by atoms with Crippen LogP contribution in [0.15, 0.2) is 36.4 Å². The van der Waals surface area contributed by atoms with Crippen LogP contribution in [0.2, 0.25) is 5.02 Å². The molecule has 0 bridgehead atoms. The fourth-order valence-corrected chi connectivity index (χ4v) is 4.39. The van der Waals surface area contributed by atoms with Crippen molar-refractivity contribution in [2.75, 3.05) is 13.7 Å². The molecule has 0 saturated carbocycles. The molecule has 0 aliphatic rings. The van der Waals surface area contributed by atoms with Gasteiger partial charge in [0.05, 0.1) is 12.7 Å². The SMILES string of the molecule is COc1ccc(Cl)c(CC(=O)C(C)C(CO)Cc2c(CCC(C)(C)O)cccc2C(C)C)c1. The fourth-order valence-electron chi connectivity index (χ4n) is 4.21. The molecule has 2 N–H and O–H groups in total. The number of Topliss-reactive ketones (excluding diaryl/α,β-unsaturated/α-hetero) is 1. The van der Waals surface area contributed by atoms with E-state index < -0.39 is 5.60 Å². The molecule has 0 amide bonds. The van der Waals surface area contributed by atoms with Crippen molar-refractivity contribution in [1.82, 2.24) is 0 Å². The van der Waals surface area contributed by atoms with Crippen LogP contribution in [0.3, 0.4) is 0 Å². The highest BCUT2D eigenvalue weighted by Crippen LogP contribution is 2.31. The van der Waals surface area contributed by atoms with Crippen molar-refractivity contribution in [1.29, 1.82) is 0 Å². The molecule has 5 heteroatoms. The number of aryl methyl sites for hydroxylation is 1. The summed E-state index contributed by atoms with van der Waals surface area (Å²) in [7, 11) is 1.58. The van der Waals surface area contributed by atoms with Gasteiger partial charge in [0.1, 0.15) is 11.5 Å². The summed E-state index contributed by atoms with van der Waals surface area (Å²) in [5.74, 6) is 0.491. The Kier molecular flexibility index (Phi) is 9.96. The first-order chi connectivity index (χ1) is 15.5. The van der Waals surface area contributed by atoms with Gasteiger partial charge in [0, 0.05) is 24.0 Å². The van der Waals surface area contributed by atoms with Crippen LogP contribution in [0, 0.1) is 11.8 Å². The lowest BCUT2D eigenvalue weighted by Gasteiger charge is -2.26. The Labute approximate surface area is 203 Å². The molecule has 0 saturated heterocycles. The summed E-state index contributed by atoms with van der Waals surface area (Å²) < 4.78 is 5.27. The molecule has 0 aromatic heterocycles. The first kappa shape index (κ1) is 27.4. The molecule has 33 heavy (non-hydrogen) atoms. The van der Waals surface area contributed by atoms with Crippen molar-refractivity contribution in [2.24, 2.45) is 11.8 Å². The molecule has 0 radical (unpaired) electrons. The van der Waals surface area contributed by atoms with Crippen molar-refractivity contribution in [3.05, 3.63) is 63.7 Å². The number of hydrogen-bond donors (Lipinski definition) is 2. The molecule has 2 rings (SSSR count). The van der Waals surface area contributed by atoms with E-state index in [1.165, 1.54) is 16.7 Å². The lowest BCUT2D eigenvalue weighted by Crippen LogP contribution is -2.28. The Balaban J connectivity index is 2.27. The van der Waals surface area contributed by atoms with E-state index in [1.54, 1.807) is 25.3 Å². The van der Waals surface area contributed by atoms with Crippen molar-refractivity contribution < 1.29 is 19.7 Å². The van der Waals surface area contributed by atoms with E-state index in [0.29, 0.717) is 29.5 Å². The predicted octanol–water partition coefficient (Wildman–Crippen LogP) is 5.77. The van der Waals surface area contributed by atoms with Crippen LogP contribution in [0.4, 0.5) is 0 Å². The highest BCUT2D eigenvalue weighted by molar-refractivity contribution is 6.31. The van der Waals surface area contributed by atoms with Crippen LogP contribution in [-0.2, 0) is 24.1 Å². The molecule has 2 aromatic rings. The zero-order valence-electron chi connectivity index (χ0n) is 20.8. The summed E-state index contributed by atoms with van der Waals surface area (Å²) >= 11 is 6.32. The zero-order valence-corrected chi connectivity index (χ0v) is 21.6. The molecule has 4 nitrogen and oxygen atoms in total. The Morgan fingerprint density at radius 2 is 1.82 bits per heavy atom. The minimum Gasteiger partial charge on any atom is -0.497 e. The number of rotatable bonds is 12. The quantitative estimate of drug-likeness (QED) is 0.409. The van der Waals surface area contributed by atoms with Crippen molar-refractivity contribution in [3.63, 3.8) is 0 Å². The third-order valence-electron chi connectivity index (χ3n) is 6.47. The molecule has 0 aliphatic heterocycles. The van der Waals surface area contributed by atoms with Crippen molar-refractivity contribution in [3.8, 4) is 5.75 Å². The van der Waals surface area contributed by atoms with E-state index in [4.69, 9.17) is 16.3 Å². The summed E-state index contributed by atoms with van der Waals surface area (Å²) in [6, 6.07) is 11.6. The molecule has 182 valence electrons. The maximum Gasteiger partial charge on any atom is 0.140 e. The van der Waals surface area contributed by atoms with Crippen LogP contribution < -0.4 is 4.74 Å². The number of aliphatic hydroxyl groups excluding tert-OH is 1. The zero-order chi connectivity index (χ0) is 24.8. The Bertz CT molecular complexity index is 930. The molecule has 2 unspecified atom stereocenters. The van der Waals surface area contributed by atoms with Gasteiger partial charge in [-0.3, -0.25) is 4.79 Å². The number of halogens is 1. The van der Waals surface area contributed by atoms with Gasteiger partial charge in [0.25, 0.3) is 0 Å². The van der Waals surface area contributed by atoms with E-state index in [0.717, 1.165) is 12.0 Å². The van der Waals surface area contributed by atoms with Gasteiger partial charge in [-0.15, -0.1) is 0 Å². The van der Waals surface area contributed by atoms with Crippen molar-refractivity contribution in [2.45, 2.75) is 71.8 Å². The van der Waals surface area contributed by atoms with E-state index in [-0.39, 0.29) is 30.6 Å². The van der Waals surface area contributed by atoms with E-state index in [9.17, 15) is 15.0 Å². The third kappa shape index (κ3) is 7.84. The van der Waals surface area contributed by atoms with E-state index in [2.05, 4.69) is 32.0 Å². The Hall–Kier alpha value is -1.88. The van der Waals surface area contributed by atoms with Crippen LogP contribution in [0.25, 0.3) is 0 Å². The maximum atomic E-state index is 13.2. The first-order valence-electron chi connectivity index (χ1n) is 11.8. The average Bonchev–Trinajstić information content (AvgIpc) is 2.76. The molecular formula is C28H39ClO4. The number of aliphatic hydroxyl groups is 2. The normalized spacial score (nSPS) is 13.8. The second-order valence-electron chi connectivity index (χ2n) is 9.99. The maximum absolute atomic E-state index is 13.2. The number of ketones is 1. The van der Waals surface area contributed by atoms with Gasteiger partial charge in [-0.25, -0.2) is 0 Å². The largest absolute Gasteiger partial charge is 0.497 e.